The summed E-state index contributed by atoms with van der Waals surface area (Å²) in [5.74, 6) is -2.88. The van der Waals surface area contributed by atoms with Crippen LogP contribution in [-0.2, 0) is 36.4 Å². The molecule has 0 saturated carbocycles. The van der Waals surface area contributed by atoms with Crippen LogP contribution in [0.5, 0.6) is 0 Å². The number of aromatic nitrogens is 1. The van der Waals surface area contributed by atoms with Gasteiger partial charge in [-0.2, -0.15) is 16.8 Å². The maximum atomic E-state index is 13.9. The highest BCUT2D eigenvalue weighted by Crippen LogP contribution is 2.56. The first kappa shape index (κ1) is 38.1. The molecule has 13 nitrogen and oxygen atoms in total. The van der Waals surface area contributed by atoms with Gasteiger partial charge in [-0.15, -0.1) is 11.3 Å². The Morgan fingerprint density at radius 2 is 1.69 bits per heavy atom. The van der Waals surface area contributed by atoms with Crippen molar-refractivity contribution >= 4 is 105 Å². The molecule has 3 atom stereocenters. The molecule has 3 N–H and O–H groups in total. The number of rotatable bonds is 11. The average molecular weight is 821 g/mol. The molecule has 1 aromatic heterocycles. The maximum Gasteiger partial charge on any atom is 0.323 e. The molecule has 2 fully saturated rings. The molecule has 272 valence electrons. The quantitative estimate of drug-likeness (QED) is 0.111. The smallest absolute Gasteiger partial charge is 0.323 e. The summed E-state index contributed by atoms with van der Waals surface area (Å²) in [4.78, 5) is 40.3. The number of hydrogen-bond donors (Lipinski definition) is 3. The molecule has 3 aliphatic heterocycles. The van der Waals surface area contributed by atoms with Crippen LogP contribution >= 0.6 is 47.1 Å². The van der Waals surface area contributed by atoms with Gasteiger partial charge < -0.3 is 5.11 Å². The second kappa shape index (κ2) is 14.6. The molecule has 3 aromatic rings. The summed E-state index contributed by atoms with van der Waals surface area (Å²) >= 11 is 8.37. The SMILES string of the molecule is CC(C1C[N+]12C=C(c1ccccc1)SC2=CC=C(C=c1s/c(=C2/SC(=S)N(CC(=O)O)C2=O)n(CCS(=O)(=O)O)c1=O)c1ccccc1)S(=O)(=O)O. The number of thiocarbonyl (C=S) groups is 1. The van der Waals surface area contributed by atoms with Crippen molar-refractivity contribution < 1.29 is 45.1 Å². The van der Waals surface area contributed by atoms with Crippen molar-refractivity contribution in [3.63, 3.8) is 0 Å². The molecule has 3 aliphatic rings. The minimum Gasteiger partial charge on any atom is -0.480 e. The molecule has 0 aliphatic carbocycles. The number of allylic oxidation sites excluding steroid dienone is 3. The lowest BCUT2D eigenvalue weighted by atomic mass is 10.1. The van der Waals surface area contributed by atoms with Crippen molar-refractivity contribution in [2.75, 3.05) is 18.8 Å². The van der Waals surface area contributed by atoms with Gasteiger partial charge in [0.15, 0.2) is 11.1 Å². The minimum absolute atomic E-state index is 0.0436. The normalized spacial score (nSPS) is 23.5. The van der Waals surface area contributed by atoms with Gasteiger partial charge in [-0.25, -0.2) is 4.48 Å². The number of nitrogens with zero attached hydrogens (tertiary/aromatic N) is 3. The molecule has 0 radical (unpaired) electrons. The first-order valence-electron chi connectivity index (χ1n) is 15.4. The molecule has 0 bridgehead atoms. The van der Waals surface area contributed by atoms with Gasteiger partial charge in [0.05, 0.1) is 15.2 Å². The third kappa shape index (κ3) is 7.97. The molecular formula is C33H30N3O10S6+. The number of amides is 1. The summed E-state index contributed by atoms with van der Waals surface area (Å²) in [5, 5.41) is 9.04. The number of thiazole rings is 1. The zero-order chi connectivity index (χ0) is 37.6. The fourth-order valence-electron chi connectivity index (χ4n) is 5.85. The number of aliphatic carboxylic acids is 1. The van der Waals surface area contributed by atoms with E-state index in [0.29, 0.717) is 17.7 Å². The van der Waals surface area contributed by atoms with Crippen LogP contribution in [0.25, 0.3) is 21.5 Å². The van der Waals surface area contributed by atoms with E-state index in [-0.39, 0.29) is 22.9 Å². The van der Waals surface area contributed by atoms with Crippen LogP contribution in [0.1, 0.15) is 18.1 Å². The van der Waals surface area contributed by atoms with Crippen molar-refractivity contribution in [2.24, 2.45) is 0 Å². The first-order valence-corrected chi connectivity index (χ1v) is 21.4. The van der Waals surface area contributed by atoms with Gasteiger partial charge in [0.25, 0.3) is 31.7 Å². The predicted octanol–water partition coefficient (Wildman–Crippen LogP) is 2.78. The van der Waals surface area contributed by atoms with Crippen LogP contribution in [-0.4, -0.2) is 91.3 Å². The number of quaternary nitrogens is 1. The zero-order valence-corrected chi connectivity index (χ0v) is 32.0. The van der Waals surface area contributed by atoms with Crippen molar-refractivity contribution in [3.05, 3.63) is 115 Å². The molecule has 1 amide bonds. The van der Waals surface area contributed by atoms with Gasteiger partial charge in [-0.1, -0.05) is 84.6 Å². The molecule has 2 saturated heterocycles. The van der Waals surface area contributed by atoms with Crippen LogP contribution in [0, 0.1) is 0 Å². The molecule has 1 spiro atoms. The second-order valence-corrected chi connectivity index (χ2v) is 19.1. The monoisotopic (exact) mass is 820 g/mol. The number of carbonyl (C=O) groups excluding carboxylic acids is 1. The first-order chi connectivity index (χ1) is 24.5. The highest BCUT2D eigenvalue weighted by atomic mass is 32.2. The molecule has 6 rings (SSSR count). The molecule has 2 aromatic carbocycles. The predicted molar refractivity (Wildman–Crippen MR) is 206 cm³/mol. The Morgan fingerprint density at radius 3 is 2.31 bits per heavy atom. The molecule has 19 heteroatoms. The second-order valence-electron chi connectivity index (χ2n) is 12.0. The summed E-state index contributed by atoms with van der Waals surface area (Å²) < 4.78 is 68.5. The lowest BCUT2D eigenvalue weighted by molar-refractivity contribution is -0.702. The Labute approximate surface area is 316 Å². The van der Waals surface area contributed by atoms with E-state index in [2.05, 4.69) is 0 Å². The largest absolute Gasteiger partial charge is 0.480 e. The Bertz CT molecular complexity index is 2490. The van der Waals surface area contributed by atoms with E-state index in [9.17, 15) is 45.4 Å². The maximum absolute atomic E-state index is 13.9. The summed E-state index contributed by atoms with van der Waals surface area (Å²) in [6.07, 6.45) is 7.19. The minimum atomic E-state index is -4.52. The summed E-state index contributed by atoms with van der Waals surface area (Å²) in [5.41, 5.74) is 1.53. The van der Waals surface area contributed by atoms with Crippen LogP contribution in [0.2, 0.25) is 0 Å². The van der Waals surface area contributed by atoms with Crippen molar-refractivity contribution in [3.8, 4) is 0 Å². The van der Waals surface area contributed by atoms with E-state index in [4.69, 9.17) is 12.2 Å². The Balaban J connectivity index is 1.51. The standard InChI is InChI=1S/C33H29N3O10S6/c1-20(52(44,45)46)24-18-36(24)19-26(22-10-6-3-7-11-22)48-27(36)13-12-23(21-8-4-2-5-9-21)16-25-30(39)34(14-15-51(41,42)43)32(49-25)29-31(40)35(17-28(37)38)33(47)50-29/h2-13,16,19-20,24H,14-15,17-18H2,1H3,(H2-,37,38,41,42,43,44,45,46)/p+1/b23-12?,25-16?,27-13?,32-29+. The van der Waals surface area contributed by atoms with Crippen LogP contribution in [0.4, 0.5) is 0 Å². The van der Waals surface area contributed by atoms with E-state index in [1.54, 1.807) is 24.3 Å². The molecule has 3 unspecified atom stereocenters. The third-order valence-corrected chi connectivity index (χ3v) is 14.5. The van der Waals surface area contributed by atoms with E-state index >= 15 is 0 Å². The number of hydrogen-bond acceptors (Lipinski definition) is 11. The summed E-state index contributed by atoms with van der Waals surface area (Å²) in [6, 6.07) is 18.2. The van der Waals surface area contributed by atoms with E-state index in [0.717, 1.165) is 48.1 Å². The van der Waals surface area contributed by atoms with Crippen LogP contribution in [0.3, 0.4) is 0 Å². The summed E-state index contributed by atoms with van der Waals surface area (Å²) in [7, 11) is -8.84. The van der Waals surface area contributed by atoms with Crippen molar-refractivity contribution in [1.29, 1.82) is 0 Å². The Hall–Kier alpha value is -3.66. The Morgan fingerprint density at radius 1 is 1.04 bits per heavy atom. The fourth-order valence-corrected chi connectivity index (χ4v) is 10.8. The Kier molecular flexibility index (Phi) is 10.7. The lowest BCUT2D eigenvalue weighted by Crippen LogP contribution is -2.36. The van der Waals surface area contributed by atoms with E-state index in [1.165, 1.54) is 18.7 Å². The number of carbonyl (C=O) groups is 2. The van der Waals surface area contributed by atoms with Crippen LogP contribution in [0.15, 0.2) is 88.8 Å². The van der Waals surface area contributed by atoms with Gasteiger partial charge in [-0.05, 0) is 47.5 Å². The summed E-state index contributed by atoms with van der Waals surface area (Å²) in [6.45, 7) is 0.716. The van der Waals surface area contributed by atoms with Gasteiger partial charge >= 0.3 is 5.97 Å². The van der Waals surface area contributed by atoms with Gasteiger partial charge in [-0.3, -0.25) is 33.0 Å². The van der Waals surface area contributed by atoms with E-state index < -0.39 is 67.8 Å². The molecule has 4 heterocycles. The lowest BCUT2D eigenvalue weighted by Gasteiger charge is -2.14. The van der Waals surface area contributed by atoms with Crippen molar-refractivity contribution in [2.45, 2.75) is 24.8 Å². The van der Waals surface area contributed by atoms with Crippen LogP contribution < -0.4 is 14.8 Å². The fraction of sp³-hybridized carbons (Fsp3) is 0.212. The number of thioether (sulfide) groups is 2. The highest BCUT2D eigenvalue weighted by molar-refractivity contribution is 8.30. The molecule has 52 heavy (non-hydrogen) atoms. The highest BCUT2D eigenvalue weighted by Gasteiger charge is 2.65. The number of benzene rings is 2. The topological polar surface area (TPSA) is 188 Å². The number of carboxylic acid groups (broad SMARTS) is 1. The number of carboxylic acids is 1. The van der Waals surface area contributed by atoms with Gasteiger partial charge in [0.1, 0.15) is 38.4 Å². The average Bonchev–Trinajstić information content (AvgIpc) is 3.42. The van der Waals surface area contributed by atoms with Gasteiger partial charge in [0, 0.05) is 12.6 Å². The zero-order valence-electron chi connectivity index (χ0n) is 27.1. The molecular weight excluding hydrogens is 791 g/mol. The van der Waals surface area contributed by atoms with E-state index in [1.807, 2.05) is 60.8 Å². The third-order valence-electron chi connectivity index (χ3n) is 8.61. The van der Waals surface area contributed by atoms with Gasteiger partial charge in [0.2, 0.25) is 0 Å². The van der Waals surface area contributed by atoms with Crippen molar-refractivity contribution in [1.82, 2.24) is 9.47 Å².